The maximum absolute atomic E-state index is 11.8. The van der Waals surface area contributed by atoms with E-state index in [0.717, 1.165) is 19.3 Å². The standard InChI is InChI=1S/C13H17N3O3/c17-11(10-8-14-6-7-15-10)16-9-13(12(18)19)4-2-1-3-5-13/h6-8H,1-5,9H2,(H,16,17)(H,18,19). The molecule has 19 heavy (non-hydrogen) atoms. The van der Waals surface area contributed by atoms with Gasteiger partial charge in [0.1, 0.15) is 5.69 Å². The Labute approximate surface area is 111 Å². The molecule has 1 aromatic heterocycles. The van der Waals surface area contributed by atoms with Crippen LogP contribution in [0.1, 0.15) is 42.6 Å². The number of hydrogen-bond donors (Lipinski definition) is 2. The van der Waals surface area contributed by atoms with Gasteiger partial charge in [0, 0.05) is 18.9 Å². The van der Waals surface area contributed by atoms with Crippen molar-refractivity contribution in [2.24, 2.45) is 5.41 Å². The maximum atomic E-state index is 11.8. The third-order valence-corrected chi connectivity index (χ3v) is 3.65. The smallest absolute Gasteiger partial charge is 0.311 e. The Bertz CT molecular complexity index is 455. The minimum absolute atomic E-state index is 0.151. The van der Waals surface area contributed by atoms with Crippen LogP contribution in [0.5, 0.6) is 0 Å². The molecule has 6 nitrogen and oxygen atoms in total. The van der Waals surface area contributed by atoms with Crippen molar-refractivity contribution in [1.82, 2.24) is 15.3 Å². The zero-order valence-electron chi connectivity index (χ0n) is 10.6. The predicted molar refractivity (Wildman–Crippen MR) is 67.5 cm³/mol. The number of nitrogens with one attached hydrogen (secondary N) is 1. The molecule has 0 bridgehead atoms. The molecule has 0 spiro atoms. The van der Waals surface area contributed by atoms with Crippen LogP contribution in [0.25, 0.3) is 0 Å². The van der Waals surface area contributed by atoms with Gasteiger partial charge in [0.05, 0.1) is 11.6 Å². The number of nitrogens with zero attached hydrogens (tertiary/aromatic N) is 2. The zero-order chi connectivity index (χ0) is 13.7. The van der Waals surface area contributed by atoms with Crippen LogP contribution < -0.4 is 5.32 Å². The van der Waals surface area contributed by atoms with Gasteiger partial charge in [-0.25, -0.2) is 4.98 Å². The van der Waals surface area contributed by atoms with Crippen LogP contribution in [0.2, 0.25) is 0 Å². The number of carbonyl (C=O) groups excluding carboxylic acids is 1. The molecule has 102 valence electrons. The summed E-state index contributed by atoms with van der Waals surface area (Å²) in [6.45, 7) is 0.151. The fourth-order valence-corrected chi connectivity index (χ4v) is 2.45. The Morgan fingerprint density at radius 3 is 2.58 bits per heavy atom. The van der Waals surface area contributed by atoms with E-state index in [1.165, 1.54) is 18.6 Å². The van der Waals surface area contributed by atoms with Crippen LogP contribution in [-0.2, 0) is 4.79 Å². The van der Waals surface area contributed by atoms with Crippen molar-refractivity contribution in [1.29, 1.82) is 0 Å². The normalized spacial score (nSPS) is 17.7. The molecule has 0 unspecified atom stereocenters. The highest BCUT2D eigenvalue weighted by Gasteiger charge is 2.39. The van der Waals surface area contributed by atoms with Gasteiger partial charge in [-0.3, -0.25) is 14.6 Å². The lowest BCUT2D eigenvalue weighted by atomic mass is 9.74. The Morgan fingerprint density at radius 1 is 1.26 bits per heavy atom. The molecule has 1 aromatic rings. The summed E-state index contributed by atoms with van der Waals surface area (Å²) in [7, 11) is 0. The summed E-state index contributed by atoms with van der Waals surface area (Å²) < 4.78 is 0. The molecule has 0 aromatic carbocycles. The molecule has 1 aliphatic carbocycles. The first-order chi connectivity index (χ1) is 9.14. The van der Waals surface area contributed by atoms with E-state index < -0.39 is 11.4 Å². The van der Waals surface area contributed by atoms with Crippen LogP contribution >= 0.6 is 0 Å². The summed E-state index contributed by atoms with van der Waals surface area (Å²) in [4.78, 5) is 31.0. The fourth-order valence-electron chi connectivity index (χ4n) is 2.45. The number of hydrogen-bond acceptors (Lipinski definition) is 4. The molecule has 1 aliphatic rings. The van der Waals surface area contributed by atoms with Crippen LogP contribution in [-0.4, -0.2) is 33.5 Å². The van der Waals surface area contributed by atoms with Crippen LogP contribution in [0, 0.1) is 5.41 Å². The lowest BCUT2D eigenvalue weighted by Gasteiger charge is -2.33. The topological polar surface area (TPSA) is 92.2 Å². The molecule has 0 aliphatic heterocycles. The number of carbonyl (C=O) groups is 2. The molecule has 6 heteroatoms. The summed E-state index contributed by atoms with van der Waals surface area (Å²) in [5, 5.41) is 12.1. The van der Waals surface area contributed by atoms with E-state index in [4.69, 9.17) is 0 Å². The first-order valence-electron chi connectivity index (χ1n) is 6.42. The summed E-state index contributed by atoms with van der Waals surface area (Å²) >= 11 is 0. The molecule has 0 radical (unpaired) electrons. The Balaban J connectivity index is 2.00. The molecule has 2 rings (SSSR count). The fraction of sp³-hybridized carbons (Fsp3) is 0.538. The Hall–Kier alpha value is -1.98. The van der Waals surface area contributed by atoms with Crippen LogP contribution in [0.15, 0.2) is 18.6 Å². The van der Waals surface area contributed by atoms with E-state index in [1.54, 1.807) is 0 Å². The molecule has 1 fully saturated rings. The van der Waals surface area contributed by atoms with Gasteiger partial charge in [-0.2, -0.15) is 0 Å². The molecular weight excluding hydrogens is 246 g/mol. The van der Waals surface area contributed by atoms with Crippen molar-refractivity contribution in [2.75, 3.05) is 6.54 Å². The average molecular weight is 263 g/mol. The van der Waals surface area contributed by atoms with Gasteiger partial charge >= 0.3 is 5.97 Å². The number of carboxylic acid groups (broad SMARTS) is 1. The van der Waals surface area contributed by atoms with Gasteiger partial charge in [0.15, 0.2) is 0 Å². The number of aliphatic carboxylic acids is 1. The summed E-state index contributed by atoms with van der Waals surface area (Å²) in [6.07, 6.45) is 8.36. The lowest BCUT2D eigenvalue weighted by Crippen LogP contribution is -2.44. The number of carboxylic acids is 1. The second kappa shape index (κ2) is 5.77. The molecule has 1 heterocycles. The molecular formula is C13H17N3O3. The third-order valence-electron chi connectivity index (χ3n) is 3.65. The molecule has 2 N–H and O–H groups in total. The highest BCUT2D eigenvalue weighted by molar-refractivity contribution is 5.92. The quantitative estimate of drug-likeness (QED) is 0.852. The van der Waals surface area contributed by atoms with Gasteiger partial charge in [-0.05, 0) is 12.8 Å². The van der Waals surface area contributed by atoms with Crippen LogP contribution in [0.4, 0.5) is 0 Å². The van der Waals surface area contributed by atoms with Gasteiger partial charge in [-0.15, -0.1) is 0 Å². The van der Waals surface area contributed by atoms with Gasteiger partial charge < -0.3 is 10.4 Å². The van der Waals surface area contributed by atoms with Gasteiger partial charge in [0.25, 0.3) is 5.91 Å². The largest absolute Gasteiger partial charge is 0.481 e. The lowest BCUT2D eigenvalue weighted by molar-refractivity contribution is -0.150. The Kier molecular flexibility index (Phi) is 4.09. The van der Waals surface area contributed by atoms with Crippen molar-refractivity contribution in [3.8, 4) is 0 Å². The second-order valence-corrected chi connectivity index (χ2v) is 4.92. The minimum Gasteiger partial charge on any atom is -0.481 e. The van der Waals surface area contributed by atoms with Crippen molar-refractivity contribution in [3.63, 3.8) is 0 Å². The molecule has 0 atom stereocenters. The average Bonchev–Trinajstić information content (AvgIpc) is 2.46. The van der Waals surface area contributed by atoms with Crippen molar-refractivity contribution >= 4 is 11.9 Å². The van der Waals surface area contributed by atoms with E-state index in [9.17, 15) is 14.7 Å². The van der Waals surface area contributed by atoms with E-state index >= 15 is 0 Å². The van der Waals surface area contributed by atoms with E-state index in [0.29, 0.717) is 12.8 Å². The highest BCUT2D eigenvalue weighted by atomic mass is 16.4. The maximum Gasteiger partial charge on any atom is 0.311 e. The molecule has 1 amide bonds. The number of rotatable bonds is 4. The first-order valence-corrected chi connectivity index (χ1v) is 6.42. The van der Waals surface area contributed by atoms with Gasteiger partial charge in [0.2, 0.25) is 0 Å². The summed E-state index contributed by atoms with van der Waals surface area (Å²) in [6, 6.07) is 0. The van der Waals surface area contributed by atoms with Crippen molar-refractivity contribution in [2.45, 2.75) is 32.1 Å². The minimum atomic E-state index is -0.827. The predicted octanol–water partition coefficient (Wildman–Crippen LogP) is 1.24. The van der Waals surface area contributed by atoms with E-state index in [2.05, 4.69) is 15.3 Å². The highest BCUT2D eigenvalue weighted by Crippen LogP contribution is 2.36. The van der Waals surface area contributed by atoms with E-state index in [-0.39, 0.29) is 18.1 Å². The zero-order valence-corrected chi connectivity index (χ0v) is 10.6. The summed E-state index contributed by atoms with van der Waals surface area (Å²) in [5.41, 5.74) is -0.616. The van der Waals surface area contributed by atoms with Crippen molar-refractivity contribution in [3.05, 3.63) is 24.3 Å². The van der Waals surface area contributed by atoms with E-state index in [1.807, 2.05) is 0 Å². The second-order valence-electron chi connectivity index (χ2n) is 4.92. The Morgan fingerprint density at radius 2 is 2.00 bits per heavy atom. The van der Waals surface area contributed by atoms with Crippen molar-refractivity contribution < 1.29 is 14.7 Å². The third kappa shape index (κ3) is 3.07. The SMILES string of the molecule is O=C(NCC1(C(=O)O)CCCCC1)c1cnccn1. The van der Waals surface area contributed by atoms with Gasteiger partial charge in [-0.1, -0.05) is 19.3 Å². The molecule has 1 saturated carbocycles. The molecule has 0 saturated heterocycles. The number of aromatic nitrogens is 2. The summed E-state index contributed by atoms with van der Waals surface area (Å²) in [5.74, 6) is -1.20. The van der Waals surface area contributed by atoms with Crippen LogP contribution in [0.3, 0.4) is 0 Å². The number of amides is 1. The first kappa shape index (κ1) is 13.5. The monoisotopic (exact) mass is 263 g/mol.